The SMILES string of the molecule is CCOC(=O)CCSc1nnc(NC(=O)N(CCC(C)C)[C@H]2CC[C@H](C)CC2)s1. The van der Waals surface area contributed by atoms with Crippen LogP contribution in [0.15, 0.2) is 4.34 Å². The van der Waals surface area contributed by atoms with Crippen LogP contribution in [0.3, 0.4) is 0 Å². The zero-order valence-corrected chi connectivity index (χ0v) is 19.6. The van der Waals surface area contributed by atoms with Crippen LogP contribution in [0.2, 0.25) is 0 Å². The van der Waals surface area contributed by atoms with Gasteiger partial charge in [-0.25, -0.2) is 4.79 Å². The number of carbonyl (C=O) groups is 2. The first-order valence-electron chi connectivity index (χ1n) is 10.6. The number of nitrogens with one attached hydrogen (secondary N) is 1. The molecule has 1 aromatic heterocycles. The van der Waals surface area contributed by atoms with Crippen LogP contribution in [0.5, 0.6) is 0 Å². The molecule has 9 heteroatoms. The third-order valence-electron chi connectivity index (χ3n) is 5.09. The van der Waals surface area contributed by atoms with E-state index in [1.807, 2.05) is 4.90 Å². The fraction of sp³-hybridized carbons (Fsp3) is 0.800. The van der Waals surface area contributed by atoms with Crippen LogP contribution in [0.1, 0.15) is 66.2 Å². The van der Waals surface area contributed by atoms with E-state index in [1.165, 1.54) is 35.9 Å². The van der Waals surface area contributed by atoms with Crippen LogP contribution in [0, 0.1) is 11.8 Å². The minimum atomic E-state index is -0.208. The molecule has 1 aliphatic rings. The number of ether oxygens (including phenoxy) is 1. The molecule has 1 saturated carbocycles. The van der Waals surface area contributed by atoms with E-state index < -0.39 is 0 Å². The summed E-state index contributed by atoms with van der Waals surface area (Å²) in [4.78, 5) is 26.4. The van der Waals surface area contributed by atoms with Crippen LogP contribution in [-0.2, 0) is 9.53 Å². The van der Waals surface area contributed by atoms with Crippen LogP contribution < -0.4 is 5.32 Å². The van der Waals surface area contributed by atoms with E-state index >= 15 is 0 Å². The number of carbonyl (C=O) groups excluding carboxylic acids is 2. The van der Waals surface area contributed by atoms with Crippen molar-refractivity contribution in [1.82, 2.24) is 15.1 Å². The molecule has 0 spiro atoms. The molecule has 2 amide bonds. The Labute approximate surface area is 182 Å². The van der Waals surface area contributed by atoms with Crippen LogP contribution in [0.4, 0.5) is 9.93 Å². The quantitative estimate of drug-likeness (QED) is 0.310. The van der Waals surface area contributed by atoms with Gasteiger partial charge in [0.1, 0.15) is 0 Å². The highest BCUT2D eigenvalue weighted by atomic mass is 32.2. The lowest BCUT2D eigenvalue weighted by atomic mass is 9.86. The maximum Gasteiger partial charge on any atom is 0.323 e. The first-order valence-corrected chi connectivity index (χ1v) is 12.4. The van der Waals surface area contributed by atoms with Gasteiger partial charge < -0.3 is 9.64 Å². The lowest BCUT2D eigenvalue weighted by Gasteiger charge is -2.36. The van der Waals surface area contributed by atoms with Gasteiger partial charge in [0.25, 0.3) is 0 Å². The third kappa shape index (κ3) is 8.50. The number of hydrogen-bond donors (Lipinski definition) is 1. The average Bonchev–Trinajstić information content (AvgIpc) is 3.10. The molecular weight excluding hydrogens is 408 g/mol. The number of nitrogens with zero attached hydrogens (tertiary/aromatic N) is 3. The molecule has 1 N–H and O–H groups in total. The van der Waals surface area contributed by atoms with Gasteiger partial charge in [0.05, 0.1) is 13.0 Å². The maximum absolute atomic E-state index is 13.0. The zero-order chi connectivity index (χ0) is 21.2. The topological polar surface area (TPSA) is 84.4 Å². The third-order valence-corrected chi connectivity index (χ3v) is 7.07. The van der Waals surface area contributed by atoms with Crippen molar-refractivity contribution < 1.29 is 14.3 Å². The predicted octanol–water partition coefficient (Wildman–Crippen LogP) is 5.04. The highest BCUT2D eigenvalue weighted by Crippen LogP contribution is 2.29. The largest absolute Gasteiger partial charge is 0.466 e. The van der Waals surface area contributed by atoms with Gasteiger partial charge >= 0.3 is 12.0 Å². The maximum atomic E-state index is 13.0. The second-order valence-electron chi connectivity index (χ2n) is 8.00. The summed E-state index contributed by atoms with van der Waals surface area (Å²) in [6.45, 7) is 9.61. The molecule has 1 fully saturated rings. The number of amides is 2. The average molecular weight is 443 g/mol. The molecule has 164 valence electrons. The number of aromatic nitrogens is 2. The van der Waals surface area contributed by atoms with Gasteiger partial charge in [0, 0.05) is 18.3 Å². The summed E-state index contributed by atoms with van der Waals surface area (Å²) in [6.07, 6.45) is 5.81. The summed E-state index contributed by atoms with van der Waals surface area (Å²) >= 11 is 2.80. The van der Waals surface area contributed by atoms with E-state index in [-0.39, 0.29) is 12.0 Å². The molecule has 0 aliphatic heterocycles. The van der Waals surface area contributed by atoms with Crippen LogP contribution in [0.25, 0.3) is 0 Å². The molecule has 0 aromatic carbocycles. The van der Waals surface area contributed by atoms with Gasteiger partial charge in [0.2, 0.25) is 5.13 Å². The van der Waals surface area contributed by atoms with Gasteiger partial charge in [-0.2, -0.15) is 0 Å². The lowest BCUT2D eigenvalue weighted by molar-refractivity contribution is -0.142. The van der Waals surface area contributed by atoms with Crippen molar-refractivity contribution in [2.24, 2.45) is 11.8 Å². The lowest BCUT2D eigenvalue weighted by Crippen LogP contribution is -2.45. The standard InChI is InChI=1S/C20H34N4O3S2/c1-5-27-17(25)11-13-28-20-23-22-18(29-20)21-19(26)24(12-10-14(2)3)16-8-6-15(4)7-9-16/h14-16H,5-13H2,1-4H3,(H,21,22,26)/t15-,16-. The second kappa shape index (κ2) is 12.4. The first kappa shape index (κ1) is 23.9. The van der Waals surface area contributed by atoms with E-state index in [0.717, 1.165) is 36.1 Å². The fourth-order valence-corrected chi connectivity index (χ4v) is 5.07. The Morgan fingerprint density at radius 3 is 2.66 bits per heavy atom. The first-order chi connectivity index (χ1) is 13.9. The van der Waals surface area contributed by atoms with Crippen molar-refractivity contribution in [3.05, 3.63) is 0 Å². The molecule has 2 rings (SSSR count). The normalized spacial score (nSPS) is 19.2. The van der Waals surface area contributed by atoms with Gasteiger partial charge in [0.15, 0.2) is 4.34 Å². The van der Waals surface area contributed by atoms with Crippen molar-refractivity contribution >= 4 is 40.2 Å². The van der Waals surface area contributed by atoms with Crippen molar-refractivity contribution in [2.75, 3.05) is 24.2 Å². The fourth-order valence-electron chi connectivity index (χ4n) is 3.34. The molecule has 29 heavy (non-hydrogen) atoms. The van der Waals surface area contributed by atoms with E-state index in [0.29, 0.717) is 35.9 Å². The summed E-state index contributed by atoms with van der Waals surface area (Å²) in [5.74, 6) is 1.68. The summed E-state index contributed by atoms with van der Waals surface area (Å²) in [5, 5.41) is 11.7. The Bertz CT molecular complexity index is 645. The molecule has 0 bridgehead atoms. The van der Waals surface area contributed by atoms with Gasteiger partial charge in [-0.3, -0.25) is 10.1 Å². The summed E-state index contributed by atoms with van der Waals surface area (Å²) in [7, 11) is 0. The molecule has 1 aliphatic carbocycles. The zero-order valence-electron chi connectivity index (χ0n) is 18.0. The number of rotatable bonds is 10. The Hall–Kier alpha value is -1.35. The van der Waals surface area contributed by atoms with E-state index in [2.05, 4.69) is 36.3 Å². The van der Waals surface area contributed by atoms with Crippen molar-refractivity contribution in [3.8, 4) is 0 Å². The van der Waals surface area contributed by atoms with Gasteiger partial charge in [-0.1, -0.05) is 43.9 Å². The second-order valence-corrected chi connectivity index (χ2v) is 10.3. The summed E-state index contributed by atoms with van der Waals surface area (Å²) in [5.41, 5.74) is 0. The molecule has 0 atom stereocenters. The molecule has 1 aromatic rings. The molecular formula is C20H34N4O3S2. The minimum absolute atomic E-state index is 0.0792. The number of thioether (sulfide) groups is 1. The smallest absolute Gasteiger partial charge is 0.323 e. The Kier molecular flexibility index (Phi) is 10.2. The van der Waals surface area contributed by atoms with E-state index in [9.17, 15) is 9.59 Å². The minimum Gasteiger partial charge on any atom is -0.466 e. The number of anilines is 1. The molecule has 0 unspecified atom stereocenters. The predicted molar refractivity (Wildman–Crippen MR) is 118 cm³/mol. The van der Waals surface area contributed by atoms with E-state index in [4.69, 9.17) is 4.74 Å². The van der Waals surface area contributed by atoms with Crippen LogP contribution >= 0.6 is 23.1 Å². The Balaban J connectivity index is 1.89. The van der Waals surface area contributed by atoms with Gasteiger partial charge in [-0.05, 0) is 50.9 Å². The number of esters is 1. The van der Waals surface area contributed by atoms with E-state index in [1.54, 1.807) is 6.92 Å². The highest BCUT2D eigenvalue weighted by molar-refractivity contribution is 8.01. The van der Waals surface area contributed by atoms with Crippen molar-refractivity contribution in [3.63, 3.8) is 0 Å². The summed E-state index contributed by atoms with van der Waals surface area (Å²) < 4.78 is 5.66. The monoisotopic (exact) mass is 442 g/mol. The number of urea groups is 1. The molecule has 0 saturated heterocycles. The summed E-state index contributed by atoms with van der Waals surface area (Å²) in [6, 6.07) is 0.223. The van der Waals surface area contributed by atoms with Crippen molar-refractivity contribution in [2.45, 2.75) is 76.6 Å². The Morgan fingerprint density at radius 2 is 2.00 bits per heavy atom. The highest BCUT2D eigenvalue weighted by Gasteiger charge is 2.28. The molecule has 7 nitrogen and oxygen atoms in total. The van der Waals surface area contributed by atoms with Gasteiger partial charge in [-0.15, -0.1) is 10.2 Å². The molecule has 1 heterocycles. The molecule has 0 radical (unpaired) electrons. The Morgan fingerprint density at radius 1 is 1.28 bits per heavy atom. The number of hydrogen-bond acceptors (Lipinski definition) is 7. The van der Waals surface area contributed by atoms with Crippen molar-refractivity contribution in [1.29, 1.82) is 0 Å². The van der Waals surface area contributed by atoms with Crippen LogP contribution in [-0.4, -0.2) is 52.0 Å².